The summed E-state index contributed by atoms with van der Waals surface area (Å²) in [4.78, 5) is 37.0. The number of aromatic nitrogens is 2. The van der Waals surface area contributed by atoms with Crippen molar-refractivity contribution in [2.24, 2.45) is 0 Å². The summed E-state index contributed by atoms with van der Waals surface area (Å²) in [5.41, 5.74) is 3.47. The Hall–Kier alpha value is -3.45. The van der Waals surface area contributed by atoms with Crippen LogP contribution in [-0.4, -0.2) is 64.8 Å². The fraction of sp³-hybridized carbons (Fsp3) is 0.261. The highest BCUT2D eigenvalue weighted by molar-refractivity contribution is 6.05. The van der Waals surface area contributed by atoms with E-state index >= 15 is 0 Å². The minimum atomic E-state index is -0.225. The number of hydrogen-bond donors (Lipinski definition) is 2. The van der Waals surface area contributed by atoms with Crippen molar-refractivity contribution in [1.82, 2.24) is 19.8 Å². The van der Waals surface area contributed by atoms with Crippen molar-refractivity contribution in [1.29, 1.82) is 0 Å². The second-order valence-corrected chi connectivity index (χ2v) is 7.59. The number of imidazole rings is 1. The predicted molar refractivity (Wildman–Crippen MR) is 117 cm³/mol. The Morgan fingerprint density at radius 1 is 1.00 bits per heavy atom. The molecule has 1 aliphatic rings. The number of H-pyrrole nitrogens is 1. The van der Waals surface area contributed by atoms with E-state index in [2.05, 4.69) is 27.2 Å². The van der Waals surface area contributed by atoms with E-state index in [4.69, 9.17) is 0 Å². The fourth-order valence-corrected chi connectivity index (χ4v) is 3.52. The standard InChI is InChI=1S/C23H25N5O2/c1-16-24-15-21(25-16)17-5-3-6-18(13-17)22(29)26-20-8-4-7-19(14-20)23(30)28-11-9-27(2)10-12-28/h3-8,13-15H,9-12H2,1-2H3,(H,24,25)(H,26,29). The Labute approximate surface area is 175 Å². The molecule has 0 aliphatic carbocycles. The summed E-state index contributed by atoms with van der Waals surface area (Å²) in [7, 11) is 2.06. The number of amides is 2. The van der Waals surface area contributed by atoms with Crippen LogP contribution in [0, 0.1) is 6.92 Å². The zero-order chi connectivity index (χ0) is 21.1. The molecular weight excluding hydrogens is 378 g/mol. The number of rotatable bonds is 4. The number of hydrogen-bond acceptors (Lipinski definition) is 4. The van der Waals surface area contributed by atoms with Crippen LogP contribution in [0.5, 0.6) is 0 Å². The number of aromatic amines is 1. The Morgan fingerprint density at radius 3 is 2.47 bits per heavy atom. The molecule has 0 radical (unpaired) electrons. The predicted octanol–water partition coefficient (Wildman–Crippen LogP) is 3.03. The molecule has 1 fully saturated rings. The van der Waals surface area contributed by atoms with Gasteiger partial charge in [-0.3, -0.25) is 9.59 Å². The highest BCUT2D eigenvalue weighted by atomic mass is 16.2. The van der Waals surface area contributed by atoms with Crippen molar-refractivity contribution < 1.29 is 9.59 Å². The monoisotopic (exact) mass is 403 g/mol. The van der Waals surface area contributed by atoms with Gasteiger partial charge in [0.05, 0.1) is 11.9 Å². The third-order valence-electron chi connectivity index (χ3n) is 5.30. The molecule has 0 saturated carbocycles. The average Bonchev–Trinajstić information content (AvgIpc) is 3.20. The summed E-state index contributed by atoms with van der Waals surface area (Å²) < 4.78 is 0. The fourth-order valence-electron chi connectivity index (χ4n) is 3.52. The summed E-state index contributed by atoms with van der Waals surface area (Å²) in [5, 5.41) is 2.90. The summed E-state index contributed by atoms with van der Waals surface area (Å²) in [6.45, 7) is 5.05. The number of piperazine rings is 1. The third-order valence-corrected chi connectivity index (χ3v) is 5.30. The van der Waals surface area contributed by atoms with E-state index in [1.165, 1.54) is 0 Å². The molecule has 7 heteroatoms. The van der Waals surface area contributed by atoms with Crippen LogP contribution in [0.1, 0.15) is 26.5 Å². The van der Waals surface area contributed by atoms with Crippen molar-refractivity contribution in [2.75, 3.05) is 38.5 Å². The minimum absolute atomic E-state index is 0.00388. The van der Waals surface area contributed by atoms with Crippen LogP contribution in [0.4, 0.5) is 5.69 Å². The van der Waals surface area contributed by atoms with Gasteiger partial charge in [-0.05, 0) is 44.3 Å². The van der Waals surface area contributed by atoms with Crippen LogP contribution >= 0.6 is 0 Å². The number of nitrogens with one attached hydrogen (secondary N) is 2. The van der Waals surface area contributed by atoms with E-state index in [1.807, 2.05) is 30.0 Å². The van der Waals surface area contributed by atoms with Crippen LogP contribution in [0.2, 0.25) is 0 Å². The van der Waals surface area contributed by atoms with Crippen LogP contribution in [-0.2, 0) is 0 Å². The molecule has 2 heterocycles. The van der Waals surface area contributed by atoms with Gasteiger partial charge in [0, 0.05) is 48.6 Å². The van der Waals surface area contributed by atoms with Gasteiger partial charge in [0.15, 0.2) is 0 Å². The molecule has 1 aromatic heterocycles. The first kappa shape index (κ1) is 19.8. The quantitative estimate of drug-likeness (QED) is 0.702. The number of carbonyl (C=O) groups excluding carboxylic acids is 2. The number of aryl methyl sites for hydroxylation is 1. The van der Waals surface area contributed by atoms with Crippen LogP contribution in [0.15, 0.2) is 54.7 Å². The van der Waals surface area contributed by atoms with E-state index < -0.39 is 0 Å². The Kier molecular flexibility index (Phi) is 5.63. The van der Waals surface area contributed by atoms with E-state index in [1.54, 1.807) is 36.5 Å². The van der Waals surface area contributed by atoms with Gasteiger partial charge in [-0.15, -0.1) is 0 Å². The van der Waals surface area contributed by atoms with Gasteiger partial charge in [-0.1, -0.05) is 18.2 Å². The molecule has 2 N–H and O–H groups in total. The molecule has 3 aromatic rings. The maximum atomic E-state index is 12.8. The molecule has 0 unspecified atom stereocenters. The van der Waals surface area contributed by atoms with Gasteiger partial charge in [0.2, 0.25) is 0 Å². The molecule has 2 amide bonds. The molecule has 0 bridgehead atoms. The van der Waals surface area contributed by atoms with Gasteiger partial charge in [0.25, 0.3) is 11.8 Å². The molecule has 7 nitrogen and oxygen atoms in total. The highest BCUT2D eigenvalue weighted by Crippen LogP contribution is 2.20. The van der Waals surface area contributed by atoms with Gasteiger partial charge in [-0.2, -0.15) is 0 Å². The number of anilines is 1. The summed E-state index contributed by atoms with van der Waals surface area (Å²) in [6.07, 6.45) is 1.75. The molecule has 0 spiro atoms. The normalized spacial score (nSPS) is 14.5. The Balaban J connectivity index is 1.47. The molecule has 30 heavy (non-hydrogen) atoms. The second-order valence-electron chi connectivity index (χ2n) is 7.59. The molecular formula is C23H25N5O2. The molecule has 0 atom stereocenters. The largest absolute Gasteiger partial charge is 0.342 e. The Bertz CT molecular complexity index is 1070. The number of benzene rings is 2. The minimum Gasteiger partial charge on any atom is -0.342 e. The third kappa shape index (κ3) is 4.41. The second kappa shape index (κ2) is 8.51. The topological polar surface area (TPSA) is 81.3 Å². The highest BCUT2D eigenvalue weighted by Gasteiger charge is 2.20. The SMILES string of the molecule is Cc1ncc(-c2cccc(C(=O)Nc3cccc(C(=O)N4CCN(C)CC4)c3)c2)[nH]1. The van der Waals surface area contributed by atoms with Gasteiger partial charge in [0.1, 0.15) is 5.82 Å². The first-order valence-electron chi connectivity index (χ1n) is 10.0. The zero-order valence-corrected chi connectivity index (χ0v) is 17.2. The van der Waals surface area contributed by atoms with Crippen molar-refractivity contribution >= 4 is 17.5 Å². The summed E-state index contributed by atoms with van der Waals surface area (Å²) >= 11 is 0. The van der Waals surface area contributed by atoms with Crippen molar-refractivity contribution in [3.63, 3.8) is 0 Å². The lowest BCUT2D eigenvalue weighted by molar-refractivity contribution is 0.0664. The number of likely N-dealkylation sites (N-methyl/N-ethyl adjacent to an activating group) is 1. The van der Waals surface area contributed by atoms with Crippen LogP contribution in [0.25, 0.3) is 11.3 Å². The molecule has 1 aliphatic heterocycles. The van der Waals surface area contributed by atoms with E-state index in [9.17, 15) is 9.59 Å². The maximum Gasteiger partial charge on any atom is 0.255 e. The first-order valence-corrected chi connectivity index (χ1v) is 10.0. The summed E-state index contributed by atoms with van der Waals surface area (Å²) in [6, 6.07) is 14.5. The van der Waals surface area contributed by atoms with Gasteiger partial charge in [-0.25, -0.2) is 4.98 Å². The van der Waals surface area contributed by atoms with E-state index in [-0.39, 0.29) is 11.8 Å². The molecule has 2 aromatic carbocycles. The van der Waals surface area contributed by atoms with Crippen molar-refractivity contribution in [2.45, 2.75) is 6.92 Å². The molecule has 1 saturated heterocycles. The lowest BCUT2D eigenvalue weighted by atomic mass is 10.1. The number of carbonyl (C=O) groups is 2. The lowest BCUT2D eigenvalue weighted by Crippen LogP contribution is -2.47. The van der Waals surface area contributed by atoms with E-state index in [0.717, 1.165) is 30.2 Å². The van der Waals surface area contributed by atoms with Crippen LogP contribution < -0.4 is 5.32 Å². The smallest absolute Gasteiger partial charge is 0.255 e. The lowest BCUT2D eigenvalue weighted by Gasteiger charge is -2.32. The molecule has 4 rings (SSSR count). The first-order chi connectivity index (χ1) is 14.5. The van der Waals surface area contributed by atoms with E-state index in [0.29, 0.717) is 29.9 Å². The van der Waals surface area contributed by atoms with Crippen LogP contribution in [0.3, 0.4) is 0 Å². The Morgan fingerprint density at radius 2 is 1.73 bits per heavy atom. The van der Waals surface area contributed by atoms with Crippen molar-refractivity contribution in [3.8, 4) is 11.3 Å². The average molecular weight is 403 g/mol. The number of nitrogens with zero attached hydrogens (tertiary/aromatic N) is 3. The van der Waals surface area contributed by atoms with Gasteiger partial charge < -0.3 is 20.1 Å². The summed E-state index contributed by atoms with van der Waals surface area (Å²) in [5.74, 6) is 0.592. The van der Waals surface area contributed by atoms with Crippen molar-refractivity contribution in [3.05, 3.63) is 71.7 Å². The maximum absolute atomic E-state index is 12.8. The van der Waals surface area contributed by atoms with Gasteiger partial charge >= 0.3 is 0 Å². The zero-order valence-electron chi connectivity index (χ0n) is 17.2. The molecule has 154 valence electrons.